The van der Waals surface area contributed by atoms with Crippen LogP contribution in [0.1, 0.15) is 31.3 Å². The number of halogens is 2. The highest BCUT2D eigenvalue weighted by molar-refractivity contribution is 7.18. The molecule has 0 atom stereocenters. The van der Waals surface area contributed by atoms with Gasteiger partial charge in [0.2, 0.25) is 5.89 Å². The molecule has 9 heteroatoms. The summed E-state index contributed by atoms with van der Waals surface area (Å²) in [5.41, 5.74) is 1.99. The van der Waals surface area contributed by atoms with Crippen molar-refractivity contribution in [3.8, 4) is 17.5 Å². The van der Waals surface area contributed by atoms with Crippen LogP contribution in [-0.4, -0.2) is 21.5 Å². The number of Topliss-reactive ketones (excluding diaryl/α,β-unsaturated/α-hetero) is 2. The van der Waals surface area contributed by atoms with Crippen LogP contribution in [0.5, 0.6) is 0 Å². The van der Waals surface area contributed by atoms with E-state index in [0.717, 1.165) is 0 Å². The molecular formula is C21H7Cl2N3O3S. The van der Waals surface area contributed by atoms with Gasteiger partial charge in [-0.15, -0.1) is 0 Å². The standard InChI is InChI=1S/C21H7Cl2N3O3S/c22-14-5-11-12(6-15(14)23)18(28)13(17(11)27)7-16-25-20-21(30-16)26-19(29-20)10-3-1-9(8-24)2-4-10/h1-7H. The summed E-state index contributed by atoms with van der Waals surface area (Å²) in [5, 5.41) is 9.73. The summed E-state index contributed by atoms with van der Waals surface area (Å²) < 4.78 is 5.69. The summed E-state index contributed by atoms with van der Waals surface area (Å²) in [4.78, 5) is 34.6. The van der Waals surface area contributed by atoms with Crippen LogP contribution in [0.25, 0.3) is 28.1 Å². The van der Waals surface area contributed by atoms with Crippen molar-refractivity contribution in [1.29, 1.82) is 5.26 Å². The molecule has 0 radical (unpaired) electrons. The Morgan fingerprint density at radius 2 is 1.63 bits per heavy atom. The first-order chi connectivity index (χ1) is 14.4. The second-order valence-corrected chi connectivity index (χ2v) is 8.22. The molecule has 0 spiro atoms. The Morgan fingerprint density at radius 1 is 1.00 bits per heavy atom. The Labute approximate surface area is 183 Å². The number of aromatic nitrogens is 2. The second-order valence-electron chi connectivity index (χ2n) is 6.40. The molecular weight excluding hydrogens is 445 g/mol. The van der Waals surface area contributed by atoms with Crippen LogP contribution >= 0.6 is 34.5 Å². The number of benzene rings is 2. The van der Waals surface area contributed by atoms with Gasteiger partial charge >= 0.3 is 0 Å². The predicted octanol–water partition coefficient (Wildman–Crippen LogP) is 5.59. The molecule has 0 saturated heterocycles. The average Bonchev–Trinajstić information content (AvgIpc) is 3.37. The fourth-order valence-corrected chi connectivity index (χ4v) is 4.23. The zero-order chi connectivity index (χ0) is 21.0. The van der Waals surface area contributed by atoms with Crippen molar-refractivity contribution in [1.82, 2.24) is 9.97 Å². The Hall–Kier alpha value is -3.31. The number of thiazole rings is 1. The lowest BCUT2D eigenvalue weighted by Gasteiger charge is -1.98. The lowest BCUT2D eigenvalue weighted by Crippen LogP contribution is -2.00. The van der Waals surface area contributed by atoms with Gasteiger partial charge in [0, 0.05) is 16.7 Å². The molecule has 4 aromatic rings. The lowest BCUT2D eigenvalue weighted by atomic mass is 10.1. The fourth-order valence-electron chi connectivity index (χ4n) is 3.10. The third-order valence-electron chi connectivity index (χ3n) is 4.56. The van der Waals surface area contributed by atoms with Gasteiger partial charge in [0.05, 0.1) is 27.3 Å². The van der Waals surface area contributed by atoms with E-state index in [2.05, 4.69) is 16.0 Å². The summed E-state index contributed by atoms with van der Waals surface area (Å²) in [7, 11) is 0. The van der Waals surface area contributed by atoms with Crippen LogP contribution < -0.4 is 0 Å². The number of rotatable bonds is 2. The van der Waals surface area contributed by atoms with E-state index in [9.17, 15) is 9.59 Å². The van der Waals surface area contributed by atoms with Gasteiger partial charge in [-0.3, -0.25) is 9.59 Å². The molecule has 0 bridgehead atoms. The van der Waals surface area contributed by atoms with E-state index >= 15 is 0 Å². The fraction of sp³-hybridized carbons (Fsp3) is 0. The maximum atomic E-state index is 12.6. The highest BCUT2D eigenvalue weighted by atomic mass is 35.5. The van der Waals surface area contributed by atoms with E-state index in [-0.39, 0.29) is 26.7 Å². The smallest absolute Gasteiger partial charge is 0.259 e. The maximum Gasteiger partial charge on any atom is 0.259 e. The second kappa shape index (κ2) is 6.89. The summed E-state index contributed by atoms with van der Waals surface area (Å²) in [5.74, 6) is -0.476. The van der Waals surface area contributed by atoms with Gasteiger partial charge in [0.15, 0.2) is 16.4 Å². The number of oxazole rings is 1. The predicted molar refractivity (Wildman–Crippen MR) is 113 cm³/mol. The number of carbonyl (C=O) groups excluding carboxylic acids is 2. The highest BCUT2D eigenvalue weighted by Crippen LogP contribution is 2.35. The highest BCUT2D eigenvalue weighted by Gasteiger charge is 2.34. The largest absolute Gasteiger partial charge is 0.417 e. The van der Waals surface area contributed by atoms with Crippen molar-refractivity contribution < 1.29 is 14.0 Å². The van der Waals surface area contributed by atoms with Crippen molar-refractivity contribution in [3.05, 3.63) is 73.7 Å². The third-order valence-corrected chi connectivity index (χ3v) is 6.16. The molecule has 0 unspecified atom stereocenters. The summed E-state index contributed by atoms with van der Waals surface area (Å²) in [6.45, 7) is 0. The summed E-state index contributed by atoms with van der Waals surface area (Å²) >= 11 is 13.1. The van der Waals surface area contributed by atoms with E-state index in [1.807, 2.05) is 0 Å². The number of hydrogen-bond acceptors (Lipinski definition) is 7. The zero-order valence-electron chi connectivity index (χ0n) is 14.8. The zero-order valence-corrected chi connectivity index (χ0v) is 17.1. The molecule has 0 saturated carbocycles. The van der Waals surface area contributed by atoms with E-state index in [1.54, 1.807) is 24.3 Å². The first kappa shape index (κ1) is 18.7. The molecule has 2 heterocycles. The van der Waals surface area contributed by atoms with Crippen molar-refractivity contribution in [2.75, 3.05) is 0 Å². The van der Waals surface area contributed by atoms with Gasteiger partial charge in [-0.05, 0) is 42.5 Å². The van der Waals surface area contributed by atoms with Crippen LogP contribution in [0.2, 0.25) is 10.0 Å². The molecule has 30 heavy (non-hydrogen) atoms. The molecule has 2 aromatic heterocycles. The minimum absolute atomic E-state index is 0.00736. The van der Waals surface area contributed by atoms with Gasteiger partial charge in [0.1, 0.15) is 5.01 Å². The molecule has 0 fully saturated rings. The SMILES string of the molecule is N#Cc1ccc(-c2nc3sc(C=C4C(=O)c5cc(Cl)c(Cl)cc5C4=O)nc3o2)cc1. The van der Waals surface area contributed by atoms with Gasteiger partial charge in [-0.25, -0.2) is 0 Å². The van der Waals surface area contributed by atoms with Gasteiger partial charge in [-0.1, -0.05) is 34.5 Å². The molecule has 0 amide bonds. The number of nitrogens with zero attached hydrogens (tertiary/aromatic N) is 3. The molecule has 0 N–H and O–H groups in total. The third kappa shape index (κ3) is 2.94. The quantitative estimate of drug-likeness (QED) is 0.291. The number of nitriles is 1. The van der Waals surface area contributed by atoms with Gasteiger partial charge in [0.25, 0.3) is 5.71 Å². The van der Waals surface area contributed by atoms with Gasteiger partial charge < -0.3 is 4.42 Å². The van der Waals surface area contributed by atoms with Crippen LogP contribution in [0.3, 0.4) is 0 Å². The van der Waals surface area contributed by atoms with Crippen molar-refractivity contribution in [2.45, 2.75) is 0 Å². The average molecular weight is 452 g/mol. The normalized spacial score (nSPS) is 13.0. The number of fused-ring (bicyclic) bond motifs is 2. The van der Waals surface area contributed by atoms with E-state index in [1.165, 1.54) is 29.5 Å². The molecule has 6 nitrogen and oxygen atoms in total. The number of ketones is 2. The Morgan fingerprint density at radius 3 is 2.20 bits per heavy atom. The topological polar surface area (TPSA) is 96.8 Å². The van der Waals surface area contributed by atoms with E-state index in [4.69, 9.17) is 32.9 Å². The lowest BCUT2D eigenvalue weighted by molar-refractivity contribution is 0.0990. The number of allylic oxidation sites excluding steroid dienone is 1. The van der Waals surface area contributed by atoms with Crippen molar-refractivity contribution in [3.63, 3.8) is 0 Å². The first-order valence-corrected chi connectivity index (χ1v) is 10.1. The summed E-state index contributed by atoms with van der Waals surface area (Å²) in [6, 6.07) is 11.7. The van der Waals surface area contributed by atoms with Crippen LogP contribution in [0.15, 0.2) is 46.4 Å². The van der Waals surface area contributed by atoms with Crippen molar-refractivity contribution in [2.24, 2.45) is 0 Å². The minimum atomic E-state index is -0.424. The first-order valence-electron chi connectivity index (χ1n) is 8.52. The molecule has 0 aliphatic heterocycles. The number of carbonyl (C=O) groups is 2. The number of hydrogen-bond donors (Lipinski definition) is 0. The van der Waals surface area contributed by atoms with Crippen LogP contribution in [0.4, 0.5) is 0 Å². The Balaban J connectivity index is 1.49. The maximum absolute atomic E-state index is 12.6. The molecule has 2 aromatic carbocycles. The minimum Gasteiger partial charge on any atom is -0.417 e. The molecule has 144 valence electrons. The van der Waals surface area contributed by atoms with Crippen molar-refractivity contribution >= 4 is 62.7 Å². The monoisotopic (exact) mass is 451 g/mol. The Kier molecular flexibility index (Phi) is 4.29. The van der Waals surface area contributed by atoms with Gasteiger partial charge in [-0.2, -0.15) is 15.2 Å². The van der Waals surface area contributed by atoms with E-state index in [0.29, 0.717) is 32.6 Å². The molecule has 1 aliphatic rings. The van der Waals surface area contributed by atoms with E-state index < -0.39 is 11.6 Å². The molecule has 5 rings (SSSR count). The van der Waals surface area contributed by atoms with Crippen LogP contribution in [0, 0.1) is 11.3 Å². The van der Waals surface area contributed by atoms with Crippen LogP contribution in [-0.2, 0) is 0 Å². The molecule has 1 aliphatic carbocycles. The summed E-state index contributed by atoms with van der Waals surface area (Å²) in [6.07, 6.45) is 1.43. The Bertz CT molecular complexity index is 1380.